The van der Waals surface area contributed by atoms with Gasteiger partial charge in [0, 0.05) is 24.6 Å². The van der Waals surface area contributed by atoms with Crippen LogP contribution in [0.4, 0.5) is 42.1 Å². The van der Waals surface area contributed by atoms with Gasteiger partial charge in [-0.05, 0) is 23.8 Å². The summed E-state index contributed by atoms with van der Waals surface area (Å²) in [5.74, 6) is -0.743. The number of benzene rings is 1. The number of sulfonamides is 1. The first kappa shape index (κ1) is 24.1. The van der Waals surface area contributed by atoms with E-state index in [0.717, 1.165) is 16.1 Å². The van der Waals surface area contributed by atoms with Gasteiger partial charge in [-0.15, -0.1) is 0 Å². The average Bonchev–Trinajstić information content (AvgIpc) is 3.15. The van der Waals surface area contributed by atoms with Crippen molar-refractivity contribution >= 4 is 44.9 Å². The van der Waals surface area contributed by atoms with Gasteiger partial charge in [0.2, 0.25) is 21.9 Å². The number of carbonyl (C=O) groups excluding carboxylic acids is 1. The molecule has 0 atom stereocenters. The fourth-order valence-corrected chi connectivity index (χ4v) is 3.62. The van der Waals surface area contributed by atoms with Crippen LogP contribution in [0.25, 0.3) is 0 Å². The lowest BCUT2D eigenvalue weighted by Gasteiger charge is -2.17. The van der Waals surface area contributed by atoms with Crippen LogP contribution >= 0.6 is 0 Å². The first-order chi connectivity index (χ1) is 16.4. The highest BCUT2D eigenvalue weighted by atomic mass is 32.2. The Kier molecular flexibility index (Phi) is 6.19. The SMILES string of the molecule is CN(c1cncc(CNc2nc(Nc3ccc4c(c3)CC(=O)N4)ncc2C(F)(F)F)n1)S(C)(=O)=O. The number of amides is 1. The lowest BCUT2D eigenvalue weighted by molar-refractivity contribution is -0.137. The number of halogens is 3. The molecule has 3 aromatic rings. The van der Waals surface area contributed by atoms with Crippen LogP contribution in [0.1, 0.15) is 16.8 Å². The van der Waals surface area contributed by atoms with Crippen molar-refractivity contribution in [2.75, 3.05) is 33.6 Å². The van der Waals surface area contributed by atoms with Crippen molar-refractivity contribution in [3.05, 3.63) is 53.6 Å². The second kappa shape index (κ2) is 8.98. The molecule has 1 amide bonds. The molecule has 0 bridgehead atoms. The van der Waals surface area contributed by atoms with Crippen molar-refractivity contribution < 1.29 is 26.4 Å². The third-order valence-corrected chi connectivity index (χ3v) is 6.19. The van der Waals surface area contributed by atoms with Crippen LogP contribution in [-0.2, 0) is 34.0 Å². The predicted molar refractivity (Wildman–Crippen MR) is 122 cm³/mol. The number of carbonyl (C=O) groups is 1. The van der Waals surface area contributed by atoms with E-state index in [-0.39, 0.29) is 36.3 Å². The van der Waals surface area contributed by atoms with E-state index in [1.54, 1.807) is 18.2 Å². The second-order valence-corrected chi connectivity index (χ2v) is 9.64. The van der Waals surface area contributed by atoms with Gasteiger partial charge in [-0.25, -0.2) is 18.4 Å². The van der Waals surface area contributed by atoms with Crippen molar-refractivity contribution in [1.82, 2.24) is 19.9 Å². The van der Waals surface area contributed by atoms with Gasteiger partial charge in [-0.1, -0.05) is 0 Å². The van der Waals surface area contributed by atoms with E-state index < -0.39 is 27.6 Å². The largest absolute Gasteiger partial charge is 0.421 e. The Bertz CT molecular complexity index is 1400. The number of anilines is 5. The molecule has 0 fully saturated rings. The summed E-state index contributed by atoms with van der Waals surface area (Å²) in [6, 6.07) is 4.99. The molecular formula is C20H19F3N8O3S. The Morgan fingerprint density at radius 2 is 1.94 bits per heavy atom. The van der Waals surface area contributed by atoms with Crippen LogP contribution in [-0.4, -0.2) is 47.6 Å². The summed E-state index contributed by atoms with van der Waals surface area (Å²) >= 11 is 0. The summed E-state index contributed by atoms with van der Waals surface area (Å²) in [6.45, 7) is -0.218. The zero-order valence-corrected chi connectivity index (χ0v) is 19.2. The van der Waals surface area contributed by atoms with Gasteiger partial charge >= 0.3 is 6.18 Å². The molecule has 35 heavy (non-hydrogen) atoms. The number of fused-ring (bicyclic) bond motifs is 1. The van der Waals surface area contributed by atoms with Gasteiger partial charge in [0.25, 0.3) is 0 Å². The minimum atomic E-state index is -4.73. The Morgan fingerprint density at radius 3 is 2.66 bits per heavy atom. The molecule has 0 saturated carbocycles. The maximum atomic E-state index is 13.5. The van der Waals surface area contributed by atoms with Crippen LogP contribution in [0.15, 0.2) is 36.8 Å². The fourth-order valence-electron chi connectivity index (χ4n) is 3.20. The fraction of sp³-hybridized carbons (Fsp3) is 0.250. The van der Waals surface area contributed by atoms with E-state index in [0.29, 0.717) is 17.6 Å². The van der Waals surface area contributed by atoms with Crippen molar-refractivity contribution in [1.29, 1.82) is 0 Å². The highest BCUT2D eigenvalue weighted by molar-refractivity contribution is 7.92. The van der Waals surface area contributed by atoms with E-state index >= 15 is 0 Å². The normalized spacial score (nSPS) is 13.2. The van der Waals surface area contributed by atoms with Crippen LogP contribution in [0, 0.1) is 0 Å². The lowest BCUT2D eigenvalue weighted by Crippen LogP contribution is -2.26. The summed E-state index contributed by atoms with van der Waals surface area (Å²) in [7, 11) is -2.31. The van der Waals surface area contributed by atoms with Gasteiger partial charge in [-0.3, -0.25) is 14.1 Å². The number of rotatable bonds is 7. The van der Waals surface area contributed by atoms with E-state index in [1.165, 1.54) is 19.4 Å². The summed E-state index contributed by atoms with van der Waals surface area (Å²) in [4.78, 5) is 27.3. The number of aromatic nitrogens is 4. The summed E-state index contributed by atoms with van der Waals surface area (Å²) < 4.78 is 65.0. The monoisotopic (exact) mass is 508 g/mol. The molecule has 3 heterocycles. The maximum Gasteiger partial charge on any atom is 0.421 e. The van der Waals surface area contributed by atoms with Crippen molar-refractivity contribution in [2.24, 2.45) is 0 Å². The van der Waals surface area contributed by atoms with Gasteiger partial charge in [-0.2, -0.15) is 18.2 Å². The molecule has 0 spiro atoms. The van der Waals surface area contributed by atoms with E-state index in [4.69, 9.17) is 0 Å². The van der Waals surface area contributed by atoms with Crippen LogP contribution in [0.2, 0.25) is 0 Å². The smallest absolute Gasteiger partial charge is 0.364 e. The van der Waals surface area contributed by atoms with Crippen molar-refractivity contribution in [3.8, 4) is 0 Å². The number of hydrogen-bond acceptors (Lipinski definition) is 9. The summed E-state index contributed by atoms with van der Waals surface area (Å²) in [6.07, 6.45) is -0.390. The molecule has 3 N–H and O–H groups in total. The molecule has 0 unspecified atom stereocenters. The Hall–Kier alpha value is -4.01. The van der Waals surface area contributed by atoms with E-state index in [9.17, 15) is 26.4 Å². The number of hydrogen-bond donors (Lipinski definition) is 3. The Balaban J connectivity index is 1.57. The summed E-state index contributed by atoms with van der Waals surface area (Å²) in [5.41, 5.74) is 0.997. The average molecular weight is 508 g/mol. The summed E-state index contributed by atoms with van der Waals surface area (Å²) in [5, 5.41) is 8.11. The molecule has 0 radical (unpaired) electrons. The molecule has 184 valence electrons. The first-order valence-electron chi connectivity index (χ1n) is 10.0. The molecule has 15 heteroatoms. The number of nitrogens with zero attached hydrogens (tertiary/aromatic N) is 5. The standard InChI is InChI=1S/C20H19F3N8O3S/c1-31(35(2,33)34)16-10-24-7-13(27-16)8-25-18-14(20(21,22)23)9-26-19(30-18)28-12-3-4-15-11(5-12)6-17(32)29-15/h3-5,7,9-10H,6,8H2,1-2H3,(H,29,32)(H2,25,26,28,30). The molecule has 4 rings (SSSR count). The molecule has 0 saturated heterocycles. The Morgan fingerprint density at radius 1 is 1.17 bits per heavy atom. The van der Waals surface area contributed by atoms with Crippen LogP contribution < -0.4 is 20.3 Å². The molecule has 11 nitrogen and oxygen atoms in total. The number of alkyl halides is 3. The third kappa shape index (κ3) is 5.56. The minimum Gasteiger partial charge on any atom is -0.364 e. The topological polar surface area (TPSA) is 142 Å². The molecule has 1 aliphatic rings. The minimum absolute atomic E-state index is 0.0115. The number of nitrogens with one attached hydrogen (secondary N) is 3. The molecule has 1 aliphatic heterocycles. The highest BCUT2D eigenvalue weighted by Gasteiger charge is 2.35. The van der Waals surface area contributed by atoms with Crippen molar-refractivity contribution in [2.45, 2.75) is 19.1 Å². The van der Waals surface area contributed by atoms with Crippen LogP contribution in [0.3, 0.4) is 0 Å². The highest BCUT2D eigenvalue weighted by Crippen LogP contribution is 2.34. The third-order valence-electron chi connectivity index (χ3n) is 5.01. The predicted octanol–water partition coefficient (Wildman–Crippen LogP) is 2.53. The zero-order valence-electron chi connectivity index (χ0n) is 18.4. The molecular weight excluding hydrogens is 489 g/mol. The Labute approximate surface area is 197 Å². The lowest BCUT2D eigenvalue weighted by atomic mass is 10.1. The second-order valence-electron chi connectivity index (χ2n) is 7.63. The molecule has 2 aromatic heterocycles. The van der Waals surface area contributed by atoms with Gasteiger partial charge in [0.1, 0.15) is 11.4 Å². The van der Waals surface area contributed by atoms with Gasteiger partial charge < -0.3 is 16.0 Å². The van der Waals surface area contributed by atoms with Crippen molar-refractivity contribution in [3.63, 3.8) is 0 Å². The van der Waals surface area contributed by atoms with Gasteiger partial charge in [0.05, 0.1) is 37.3 Å². The van der Waals surface area contributed by atoms with E-state index in [1.807, 2.05) is 0 Å². The molecule has 1 aromatic carbocycles. The quantitative estimate of drug-likeness (QED) is 0.439. The zero-order chi connectivity index (χ0) is 25.4. The van der Waals surface area contributed by atoms with Gasteiger partial charge in [0.15, 0.2) is 5.82 Å². The maximum absolute atomic E-state index is 13.5. The first-order valence-corrected chi connectivity index (χ1v) is 11.9. The van der Waals surface area contributed by atoms with Crippen LogP contribution in [0.5, 0.6) is 0 Å². The molecule has 0 aliphatic carbocycles. The van der Waals surface area contributed by atoms with E-state index in [2.05, 4.69) is 35.9 Å².